The van der Waals surface area contributed by atoms with Crippen molar-refractivity contribution in [2.24, 2.45) is 0 Å². The van der Waals surface area contributed by atoms with Crippen molar-refractivity contribution in [2.45, 2.75) is 56.1 Å². The number of amides is 2. The van der Waals surface area contributed by atoms with Crippen molar-refractivity contribution in [3.8, 4) is 0 Å². The standard InChI is InChI=1S/C18H26N4O4S/c1-12(18(24)22-10-15-4-3-5-16(11-22)20-15)21-27(25,26)17-8-6-14(7-9-17)19-13(2)23/h6-9,12,15-16,20-21H,3-5,10-11H2,1-2H3,(H,19,23)/t12-,15?,16?/m0/s1. The number of sulfonamides is 1. The quantitative estimate of drug-likeness (QED) is 0.680. The number of benzene rings is 1. The Labute approximate surface area is 159 Å². The molecule has 3 atom stereocenters. The highest BCUT2D eigenvalue weighted by Crippen LogP contribution is 2.20. The normalized spacial score (nSPS) is 23.6. The van der Waals surface area contributed by atoms with Gasteiger partial charge >= 0.3 is 0 Å². The molecule has 1 aromatic carbocycles. The van der Waals surface area contributed by atoms with Gasteiger partial charge < -0.3 is 15.5 Å². The molecule has 2 saturated heterocycles. The molecule has 1 aromatic rings. The highest BCUT2D eigenvalue weighted by Gasteiger charge is 2.34. The summed E-state index contributed by atoms with van der Waals surface area (Å²) in [4.78, 5) is 25.6. The summed E-state index contributed by atoms with van der Waals surface area (Å²) in [6, 6.07) is 5.59. The van der Waals surface area contributed by atoms with Crippen LogP contribution in [0.25, 0.3) is 0 Å². The lowest BCUT2D eigenvalue weighted by Crippen LogP contribution is -2.62. The third-order valence-electron chi connectivity index (χ3n) is 4.96. The fraction of sp³-hybridized carbons (Fsp3) is 0.556. The van der Waals surface area contributed by atoms with E-state index in [0.29, 0.717) is 30.9 Å². The lowest BCUT2D eigenvalue weighted by molar-refractivity contribution is -0.135. The van der Waals surface area contributed by atoms with E-state index in [1.165, 1.54) is 37.6 Å². The molecule has 2 aliphatic heterocycles. The van der Waals surface area contributed by atoms with Gasteiger partial charge in [-0.1, -0.05) is 6.42 Å². The zero-order valence-electron chi connectivity index (χ0n) is 15.6. The van der Waals surface area contributed by atoms with Gasteiger partial charge in [0.1, 0.15) is 0 Å². The lowest BCUT2D eigenvalue weighted by atomic mass is 9.94. The molecule has 9 heteroatoms. The molecule has 0 saturated carbocycles. The van der Waals surface area contributed by atoms with Gasteiger partial charge in [-0.15, -0.1) is 0 Å². The predicted molar refractivity (Wildman–Crippen MR) is 102 cm³/mol. The van der Waals surface area contributed by atoms with E-state index >= 15 is 0 Å². The first-order valence-corrected chi connectivity index (χ1v) is 10.7. The van der Waals surface area contributed by atoms with Crippen LogP contribution in [0.2, 0.25) is 0 Å². The SMILES string of the molecule is CC(=O)Nc1ccc(S(=O)(=O)N[C@@H](C)C(=O)N2CC3CCCC(C2)N3)cc1. The average Bonchev–Trinajstić information content (AvgIpc) is 2.60. The summed E-state index contributed by atoms with van der Waals surface area (Å²) in [5.74, 6) is -0.435. The number of carbonyl (C=O) groups excluding carboxylic acids is 2. The van der Waals surface area contributed by atoms with Gasteiger partial charge in [-0.2, -0.15) is 4.72 Å². The van der Waals surface area contributed by atoms with Gasteiger partial charge in [0, 0.05) is 37.8 Å². The zero-order chi connectivity index (χ0) is 19.6. The summed E-state index contributed by atoms with van der Waals surface area (Å²) < 4.78 is 27.6. The molecule has 8 nitrogen and oxygen atoms in total. The van der Waals surface area contributed by atoms with E-state index in [-0.39, 0.29) is 16.7 Å². The number of rotatable bonds is 5. The summed E-state index contributed by atoms with van der Waals surface area (Å²) >= 11 is 0. The van der Waals surface area contributed by atoms with Crippen LogP contribution in [-0.2, 0) is 19.6 Å². The van der Waals surface area contributed by atoms with Gasteiger partial charge in [0.25, 0.3) is 0 Å². The van der Waals surface area contributed by atoms with E-state index in [2.05, 4.69) is 15.4 Å². The van der Waals surface area contributed by atoms with E-state index in [0.717, 1.165) is 12.8 Å². The Morgan fingerprint density at radius 3 is 2.30 bits per heavy atom. The van der Waals surface area contributed by atoms with E-state index in [9.17, 15) is 18.0 Å². The van der Waals surface area contributed by atoms with Gasteiger partial charge in [0.2, 0.25) is 21.8 Å². The van der Waals surface area contributed by atoms with Crippen LogP contribution in [0.3, 0.4) is 0 Å². The number of nitrogens with one attached hydrogen (secondary N) is 3. The van der Waals surface area contributed by atoms with Crippen molar-refractivity contribution in [3.63, 3.8) is 0 Å². The fourth-order valence-electron chi connectivity index (χ4n) is 3.73. The molecule has 148 valence electrons. The number of nitrogens with zero attached hydrogens (tertiary/aromatic N) is 1. The summed E-state index contributed by atoms with van der Waals surface area (Å²) in [6.07, 6.45) is 3.25. The highest BCUT2D eigenvalue weighted by atomic mass is 32.2. The molecule has 3 N–H and O–H groups in total. The summed E-state index contributed by atoms with van der Waals surface area (Å²) in [5.41, 5.74) is 0.512. The van der Waals surface area contributed by atoms with Crippen LogP contribution in [0.4, 0.5) is 5.69 Å². The number of piperidine rings is 1. The lowest BCUT2D eigenvalue weighted by Gasteiger charge is -2.43. The third kappa shape index (κ3) is 4.85. The Balaban J connectivity index is 1.64. The number of carbonyl (C=O) groups is 2. The van der Waals surface area contributed by atoms with Crippen LogP contribution in [-0.4, -0.2) is 56.3 Å². The molecule has 2 fully saturated rings. The van der Waals surface area contributed by atoms with E-state index in [1.807, 2.05) is 0 Å². The molecular formula is C18H26N4O4S. The Kier molecular flexibility index (Phi) is 5.83. The maximum atomic E-state index is 12.7. The summed E-state index contributed by atoms with van der Waals surface area (Å²) in [6.45, 7) is 4.19. The van der Waals surface area contributed by atoms with Gasteiger partial charge in [-0.25, -0.2) is 8.42 Å². The first-order valence-electron chi connectivity index (χ1n) is 9.19. The Morgan fingerprint density at radius 1 is 1.15 bits per heavy atom. The van der Waals surface area contributed by atoms with Crippen LogP contribution < -0.4 is 15.4 Å². The number of likely N-dealkylation sites (tertiary alicyclic amines) is 1. The van der Waals surface area contributed by atoms with Crippen LogP contribution in [0.15, 0.2) is 29.2 Å². The van der Waals surface area contributed by atoms with Crippen LogP contribution in [0.1, 0.15) is 33.1 Å². The molecule has 0 aromatic heterocycles. The van der Waals surface area contributed by atoms with E-state index in [1.54, 1.807) is 11.8 Å². The van der Waals surface area contributed by atoms with Gasteiger partial charge in [0.05, 0.1) is 10.9 Å². The van der Waals surface area contributed by atoms with Crippen molar-refractivity contribution in [3.05, 3.63) is 24.3 Å². The predicted octanol–water partition coefficient (Wildman–Crippen LogP) is 0.665. The monoisotopic (exact) mass is 394 g/mol. The van der Waals surface area contributed by atoms with Crippen LogP contribution in [0.5, 0.6) is 0 Å². The minimum absolute atomic E-state index is 0.0495. The van der Waals surface area contributed by atoms with Crippen molar-refractivity contribution in [1.29, 1.82) is 0 Å². The fourth-order valence-corrected chi connectivity index (χ4v) is 4.93. The average molecular weight is 394 g/mol. The van der Waals surface area contributed by atoms with Gasteiger partial charge in [-0.05, 0) is 44.0 Å². The Hall–Kier alpha value is -1.97. The molecule has 2 aliphatic rings. The molecule has 0 aliphatic carbocycles. The largest absolute Gasteiger partial charge is 0.338 e. The molecule has 27 heavy (non-hydrogen) atoms. The van der Waals surface area contributed by atoms with Crippen molar-refractivity contribution >= 4 is 27.5 Å². The van der Waals surface area contributed by atoms with E-state index < -0.39 is 16.1 Å². The third-order valence-corrected chi connectivity index (χ3v) is 6.51. The van der Waals surface area contributed by atoms with E-state index in [4.69, 9.17) is 0 Å². The van der Waals surface area contributed by atoms with Gasteiger partial charge in [-0.3, -0.25) is 9.59 Å². The molecule has 0 spiro atoms. The van der Waals surface area contributed by atoms with Crippen LogP contribution in [0, 0.1) is 0 Å². The summed E-state index contributed by atoms with van der Waals surface area (Å²) in [7, 11) is -3.83. The maximum absolute atomic E-state index is 12.7. The molecular weight excluding hydrogens is 368 g/mol. The molecule has 2 amide bonds. The van der Waals surface area contributed by atoms with Gasteiger partial charge in [0.15, 0.2) is 0 Å². The van der Waals surface area contributed by atoms with Crippen molar-refractivity contribution in [1.82, 2.24) is 14.9 Å². The first kappa shape index (κ1) is 19.8. The van der Waals surface area contributed by atoms with Crippen molar-refractivity contribution < 1.29 is 18.0 Å². The zero-order valence-corrected chi connectivity index (χ0v) is 16.4. The second-order valence-corrected chi connectivity index (χ2v) is 9.00. The first-order chi connectivity index (χ1) is 12.7. The Bertz CT molecular complexity index is 797. The number of hydrogen-bond acceptors (Lipinski definition) is 5. The number of hydrogen-bond donors (Lipinski definition) is 3. The molecule has 3 rings (SSSR count). The number of anilines is 1. The molecule has 2 heterocycles. The number of piperazine rings is 1. The van der Waals surface area contributed by atoms with Crippen molar-refractivity contribution in [2.75, 3.05) is 18.4 Å². The topological polar surface area (TPSA) is 108 Å². The molecule has 2 bridgehead atoms. The Morgan fingerprint density at radius 2 is 1.74 bits per heavy atom. The second kappa shape index (κ2) is 7.95. The molecule has 0 radical (unpaired) electrons. The van der Waals surface area contributed by atoms with Crippen LogP contribution >= 0.6 is 0 Å². The maximum Gasteiger partial charge on any atom is 0.241 e. The highest BCUT2D eigenvalue weighted by molar-refractivity contribution is 7.89. The smallest absolute Gasteiger partial charge is 0.241 e. The number of fused-ring (bicyclic) bond motifs is 2. The molecule has 2 unspecified atom stereocenters. The minimum atomic E-state index is -3.83. The second-order valence-electron chi connectivity index (χ2n) is 7.28. The minimum Gasteiger partial charge on any atom is -0.338 e. The summed E-state index contributed by atoms with van der Waals surface area (Å²) in [5, 5.41) is 6.09.